The maximum absolute atomic E-state index is 11.8. The second-order valence-electron chi connectivity index (χ2n) is 5.22. The Kier molecular flexibility index (Phi) is 3.39. The van der Waals surface area contributed by atoms with Crippen LogP contribution in [0.15, 0.2) is 23.2 Å². The van der Waals surface area contributed by atoms with Gasteiger partial charge in [-0.15, -0.1) is 11.3 Å². The van der Waals surface area contributed by atoms with Gasteiger partial charge < -0.3 is 5.11 Å². The van der Waals surface area contributed by atoms with Crippen LogP contribution in [0.4, 0.5) is 0 Å². The number of hydrogen-bond acceptors (Lipinski definition) is 7. The van der Waals surface area contributed by atoms with Crippen LogP contribution in [0.25, 0.3) is 10.2 Å². The molecule has 0 aliphatic carbocycles. The topological polar surface area (TPSA) is 101 Å². The van der Waals surface area contributed by atoms with Gasteiger partial charge in [0.2, 0.25) is 0 Å². The molecule has 1 aromatic carbocycles. The van der Waals surface area contributed by atoms with Crippen LogP contribution < -0.4 is 11.3 Å². The Labute approximate surface area is 129 Å². The van der Waals surface area contributed by atoms with Crippen molar-refractivity contribution >= 4 is 44.3 Å². The van der Waals surface area contributed by atoms with E-state index >= 15 is 0 Å². The largest absolute Gasteiger partial charge is 0.508 e. The van der Waals surface area contributed by atoms with Gasteiger partial charge in [-0.3, -0.25) is 15.2 Å². The number of hydrazine groups is 1. The first kappa shape index (κ1) is 14.3. The highest BCUT2D eigenvalue weighted by atomic mass is 32.2. The highest BCUT2D eigenvalue weighted by molar-refractivity contribution is 8.16. The Morgan fingerprint density at radius 2 is 2.24 bits per heavy atom. The summed E-state index contributed by atoms with van der Waals surface area (Å²) in [5, 5.41) is 11.0. The fourth-order valence-electron chi connectivity index (χ4n) is 2.16. The van der Waals surface area contributed by atoms with Gasteiger partial charge in [-0.2, -0.15) is 0 Å². The molecule has 0 radical (unpaired) electrons. The number of thiazole rings is 1. The van der Waals surface area contributed by atoms with E-state index < -0.39 is 6.04 Å². The van der Waals surface area contributed by atoms with Gasteiger partial charge in [-0.25, -0.2) is 10.8 Å². The van der Waals surface area contributed by atoms with Crippen molar-refractivity contribution in [2.75, 3.05) is 0 Å². The van der Waals surface area contributed by atoms with Crippen LogP contribution in [0, 0.1) is 0 Å². The molecule has 1 aliphatic heterocycles. The molecule has 0 saturated heterocycles. The summed E-state index contributed by atoms with van der Waals surface area (Å²) in [6.07, 6.45) is 0. The van der Waals surface area contributed by atoms with Crippen molar-refractivity contribution in [3.63, 3.8) is 0 Å². The van der Waals surface area contributed by atoms with E-state index in [0.717, 1.165) is 20.3 Å². The fourth-order valence-corrected chi connectivity index (χ4v) is 4.36. The van der Waals surface area contributed by atoms with E-state index in [1.165, 1.54) is 23.1 Å². The summed E-state index contributed by atoms with van der Waals surface area (Å²) in [5.74, 6) is 5.12. The third-order valence-corrected chi connectivity index (χ3v) is 5.61. The standard InChI is InChI=1S/C13H14N4O2S2/c1-13(2)9(10(19)17-14)16-12(21-13)11-15-7-4-3-6(18)5-8(7)20-11/h3-5,9,18H,14H2,1-2H3,(H,17,19). The molecule has 3 rings (SSSR count). The molecular weight excluding hydrogens is 308 g/mol. The minimum Gasteiger partial charge on any atom is -0.508 e. The van der Waals surface area contributed by atoms with Crippen molar-refractivity contribution in [2.24, 2.45) is 10.8 Å². The quantitative estimate of drug-likeness (QED) is 0.443. The average molecular weight is 322 g/mol. The van der Waals surface area contributed by atoms with Crippen molar-refractivity contribution in [1.29, 1.82) is 0 Å². The van der Waals surface area contributed by atoms with Gasteiger partial charge in [0.1, 0.15) is 21.8 Å². The lowest BCUT2D eigenvalue weighted by Crippen LogP contribution is -2.45. The summed E-state index contributed by atoms with van der Waals surface area (Å²) >= 11 is 2.96. The van der Waals surface area contributed by atoms with E-state index in [1.807, 2.05) is 13.8 Å². The van der Waals surface area contributed by atoms with Crippen LogP contribution in [0.1, 0.15) is 18.9 Å². The van der Waals surface area contributed by atoms with Crippen LogP contribution in [-0.4, -0.2) is 31.8 Å². The van der Waals surface area contributed by atoms with Gasteiger partial charge >= 0.3 is 0 Å². The molecule has 0 bridgehead atoms. The number of rotatable bonds is 2. The smallest absolute Gasteiger partial charge is 0.260 e. The number of aromatic nitrogens is 1. The number of nitrogens with zero attached hydrogens (tertiary/aromatic N) is 2. The van der Waals surface area contributed by atoms with Gasteiger partial charge in [0.05, 0.1) is 10.2 Å². The predicted molar refractivity (Wildman–Crippen MR) is 85.6 cm³/mol. The Morgan fingerprint density at radius 3 is 2.95 bits per heavy atom. The first-order valence-electron chi connectivity index (χ1n) is 6.28. The number of carbonyl (C=O) groups is 1. The zero-order valence-electron chi connectivity index (χ0n) is 11.5. The number of phenolic OH excluding ortho intramolecular Hbond substituents is 1. The summed E-state index contributed by atoms with van der Waals surface area (Å²) < 4.78 is 0.511. The molecule has 8 heteroatoms. The Bertz CT molecular complexity index is 754. The molecule has 110 valence electrons. The normalized spacial score (nSPS) is 20.5. The molecule has 1 aromatic heterocycles. The molecule has 4 N–H and O–H groups in total. The van der Waals surface area contributed by atoms with Crippen molar-refractivity contribution in [3.05, 3.63) is 23.2 Å². The van der Waals surface area contributed by atoms with Crippen molar-refractivity contribution in [2.45, 2.75) is 24.6 Å². The molecule has 0 spiro atoms. The van der Waals surface area contributed by atoms with Crippen molar-refractivity contribution in [3.8, 4) is 5.75 Å². The summed E-state index contributed by atoms with van der Waals surface area (Å²) in [4.78, 5) is 20.8. The molecule has 2 heterocycles. The molecule has 1 aliphatic rings. The number of thioether (sulfide) groups is 1. The summed E-state index contributed by atoms with van der Waals surface area (Å²) in [6.45, 7) is 3.90. The summed E-state index contributed by atoms with van der Waals surface area (Å²) in [5.41, 5.74) is 2.97. The number of nitrogens with two attached hydrogens (primary N) is 1. The molecular formula is C13H14N4O2S2. The number of nitrogens with one attached hydrogen (secondary N) is 1. The molecule has 1 atom stereocenters. The SMILES string of the molecule is CC1(C)SC(c2nc3ccc(O)cc3s2)=NC1C(=O)NN. The molecule has 0 saturated carbocycles. The van der Waals surface area contributed by atoms with Crippen LogP contribution in [0.3, 0.4) is 0 Å². The third-order valence-electron chi connectivity index (χ3n) is 3.21. The van der Waals surface area contributed by atoms with Crippen LogP contribution in [0.2, 0.25) is 0 Å². The zero-order valence-corrected chi connectivity index (χ0v) is 13.1. The van der Waals surface area contributed by atoms with E-state index in [0.29, 0.717) is 0 Å². The number of benzene rings is 1. The molecule has 1 amide bonds. The first-order chi connectivity index (χ1) is 9.90. The molecule has 21 heavy (non-hydrogen) atoms. The molecule has 1 unspecified atom stereocenters. The van der Waals surface area contributed by atoms with Crippen LogP contribution >= 0.6 is 23.1 Å². The van der Waals surface area contributed by atoms with Gasteiger partial charge in [0, 0.05) is 4.75 Å². The summed E-state index contributed by atoms with van der Waals surface area (Å²) in [7, 11) is 0. The zero-order chi connectivity index (χ0) is 15.2. The predicted octanol–water partition coefficient (Wildman–Crippen LogP) is 1.63. The highest BCUT2D eigenvalue weighted by Crippen LogP contribution is 2.41. The maximum atomic E-state index is 11.8. The molecule has 0 fully saturated rings. The average Bonchev–Trinajstić information content (AvgIpc) is 2.97. The Hall–Kier alpha value is -1.64. The number of phenols is 1. The highest BCUT2D eigenvalue weighted by Gasteiger charge is 2.43. The lowest BCUT2D eigenvalue weighted by Gasteiger charge is -2.22. The maximum Gasteiger partial charge on any atom is 0.260 e. The van der Waals surface area contributed by atoms with E-state index in [2.05, 4.69) is 15.4 Å². The first-order valence-corrected chi connectivity index (χ1v) is 7.91. The number of amides is 1. The molecule has 6 nitrogen and oxygen atoms in total. The number of aromatic hydroxyl groups is 1. The van der Waals surface area contributed by atoms with E-state index in [9.17, 15) is 9.90 Å². The fraction of sp³-hybridized carbons (Fsp3) is 0.308. The van der Waals surface area contributed by atoms with Crippen LogP contribution in [-0.2, 0) is 4.79 Å². The lowest BCUT2D eigenvalue weighted by molar-refractivity contribution is -0.122. The van der Waals surface area contributed by atoms with Gasteiger partial charge in [-0.05, 0) is 32.0 Å². The Morgan fingerprint density at radius 1 is 1.48 bits per heavy atom. The lowest BCUT2D eigenvalue weighted by atomic mass is 10.0. The number of hydrogen-bond donors (Lipinski definition) is 3. The van der Waals surface area contributed by atoms with E-state index in [4.69, 9.17) is 5.84 Å². The monoisotopic (exact) mass is 322 g/mol. The summed E-state index contributed by atoms with van der Waals surface area (Å²) in [6, 6.07) is 4.50. The van der Waals surface area contributed by atoms with Gasteiger partial charge in [0.25, 0.3) is 5.91 Å². The second-order valence-corrected chi connectivity index (χ2v) is 7.90. The second kappa shape index (κ2) is 4.97. The Balaban J connectivity index is 2.01. The van der Waals surface area contributed by atoms with Gasteiger partial charge in [-0.1, -0.05) is 11.8 Å². The third kappa shape index (κ3) is 2.50. The minimum absolute atomic E-state index is 0.208. The van der Waals surface area contributed by atoms with E-state index in [-0.39, 0.29) is 16.4 Å². The van der Waals surface area contributed by atoms with E-state index in [1.54, 1.807) is 18.2 Å². The number of carbonyl (C=O) groups excluding carboxylic acids is 1. The number of aliphatic imine (C=N–C) groups is 1. The van der Waals surface area contributed by atoms with Crippen LogP contribution in [0.5, 0.6) is 5.75 Å². The number of fused-ring (bicyclic) bond motifs is 1. The van der Waals surface area contributed by atoms with Crippen molar-refractivity contribution < 1.29 is 9.90 Å². The van der Waals surface area contributed by atoms with Crippen molar-refractivity contribution in [1.82, 2.24) is 10.4 Å². The molecule has 2 aromatic rings. The minimum atomic E-state index is -0.539. The van der Waals surface area contributed by atoms with Gasteiger partial charge in [0.15, 0.2) is 0 Å².